The topological polar surface area (TPSA) is 81.4 Å². The molecule has 0 aromatic carbocycles. The number of carbonyl (C=O) groups is 1. The highest BCUT2D eigenvalue weighted by Crippen LogP contribution is 2.40. The molecule has 0 bridgehead atoms. The van der Waals surface area contributed by atoms with E-state index in [-0.39, 0.29) is 11.9 Å². The molecular formula is C17H20N4O3. The van der Waals surface area contributed by atoms with Gasteiger partial charge in [-0.2, -0.15) is 4.98 Å². The van der Waals surface area contributed by atoms with Gasteiger partial charge in [-0.1, -0.05) is 5.16 Å². The SMILES string of the molecule is CC(Oc1cccnc1)C(=O)N1CCCC1c1noc(C2CC2)n1. The van der Waals surface area contributed by atoms with E-state index in [0.717, 1.165) is 25.7 Å². The van der Waals surface area contributed by atoms with Gasteiger partial charge in [0.15, 0.2) is 11.9 Å². The Labute approximate surface area is 140 Å². The summed E-state index contributed by atoms with van der Waals surface area (Å²) in [6.07, 6.45) is 6.72. The van der Waals surface area contributed by atoms with Crippen LogP contribution < -0.4 is 4.74 Å². The molecule has 1 saturated carbocycles. The fraction of sp³-hybridized carbons (Fsp3) is 0.529. The van der Waals surface area contributed by atoms with Crippen molar-refractivity contribution in [1.29, 1.82) is 0 Å². The molecular weight excluding hydrogens is 308 g/mol. The summed E-state index contributed by atoms with van der Waals surface area (Å²) in [7, 11) is 0. The van der Waals surface area contributed by atoms with Crippen LogP contribution >= 0.6 is 0 Å². The van der Waals surface area contributed by atoms with E-state index < -0.39 is 6.10 Å². The summed E-state index contributed by atoms with van der Waals surface area (Å²) >= 11 is 0. The van der Waals surface area contributed by atoms with Crippen LogP contribution in [0.15, 0.2) is 29.0 Å². The zero-order chi connectivity index (χ0) is 16.5. The number of carbonyl (C=O) groups excluding carboxylic acids is 1. The fourth-order valence-corrected chi connectivity index (χ4v) is 3.08. The smallest absolute Gasteiger partial charge is 0.263 e. The van der Waals surface area contributed by atoms with Crippen molar-refractivity contribution < 1.29 is 14.1 Å². The highest BCUT2D eigenvalue weighted by atomic mass is 16.5. The summed E-state index contributed by atoms with van der Waals surface area (Å²) < 4.78 is 11.1. The zero-order valence-electron chi connectivity index (χ0n) is 13.6. The molecule has 2 aromatic heterocycles. The molecule has 24 heavy (non-hydrogen) atoms. The van der Waals surface area contributed by atoms with Crippen LogP contribution in [0.25, 0.3) is 0 Å². The second-order valence-corrected chi connectivity index (χ2v) is 6.40. The number of hydrogen-bond donors (Lipinski definition) is 0. The molecule has 0 spiro atoms. The van der Waals surface area contributed by atoms with Crippen molar-refractivity contribution in [2.24, 2.45) is 0 Å². The third-order valence-corrected chi connectivity index (χ3v) is 4.51. The molecule has 2 aliphatic rings. The largest absolute Gasteiger partial charge is 0.479 e. The van der Waals surface area contributed by atoms with Crippen LogP contribution in [0.3, 0.4) is 0 Å². The maximum Gasteiger partial charge on any atom is 0.263 e. The van der Waals surface area contributed by atoms with Gasteiger partial charge < -0.3 is 14.2 Å². The van der Waals surface area contributed by atoms with Crippen LogP contribution in [0, 0.1) is 0 Å². The summed E-state index contributed by atoms with van der Waals surface area (Å²) in [4.78, 5) is 23.1. The molecule has 7 heteroatoms. The number of amides is 1. The lowest BCUT2D eigenvalue weighted by Crippen LogP contribution is -2.40. The molecule has 0 N–H and O–H groups in total. The van der Waals surface area contributed by atoms with Gasteiger partial charge in [-0.05, 0) is 44.7 Å². The van der Waals surface area contributed by atoms with Crippen LogP contribution in [0.5, 0.6) is 5.75 Å². The summed E-state index contributed by atoms with van der Waals surface area (Å²) in [6.45, 7) is 2.45. The minimum absolute atomic E-state index is 0.0564. The average molecular weight is 328 g/mol. The molecule has 2 atom stereocenters. The first kappa shape index (κ1) is 15.1. The number of rotatable bonds is 5. The summed E-state index contributed by atoms with van der Waals surface area (Å²) in [5.74, 6) is 2.29. The molecule has 1 amide bonds. The molecule has 0 radical (unpaired) electrons. The van der Waals surface area contributed by atoms with Crippen molar-refractivity contribution in [3.05, 3.63) is 36.2 Å². The number of likely N-dealkylation sites (tertiary alicyclic amines) is 1. The number of nitrogens with zero attached hydrogens (tertiary/aromatic N) is 4. The molecule has 2 aromatic rings. The Hall–Kier alpha value is -2.44. The highest BCUT2D eigenvalue weighted by Gasteiger charge is 2.37. The normalized spacial score (nSPS) is 21.7. The van der Waals surface area contributed by atoms with Gasteiger partial charge in [0.25, 0.3) is 5.91 Å². The minimum Gasteiger partial charge on any atom is -0.479 e. The molecule has 1 aliphatic heterocycles. The fourth-order valence-electron chi connectivity index (χ4n) is 3.08. The lowest BCUT2D eigenvalue weighted by atomic mass is 10.2. The van der Waals surface area contributed by atoms with Crippen LogP contribution in [-0.2, 0) is 4.79 Å². The number of pyridine rings is 1. The zero-order valence-corrected chi connectivity index (χ0v) is 13.6. The standard InChI is InChI=1S/C17H20N4O3/c1-11(23-13-4-2-8-18-10-13)17(22)21-9-3-5-14(21)15-19-16(24-20-15)12-6-7-12/h2,4,8,10-12,14H,3,5-7,9H2,1H3. The first-order valence-electron chi connectivity index (χ1n) is 8.43. The summed E-state index contributed by atoms with van der Waals surface area (Å²) in [6, 6.07) is 3.46. The van der Waals surface area contributed by atoms with Crippen molar-refractivity contribution in [3.63, 3.8) is 0 Å². The van der Waals surface area contributed by atoms with Crippen LogP contribution in [0.2, 0.25) is 0 Å². The van der Waals surface area contributed by atoms with Crippen molar-refractivity contribution >= 4 is 5.91 Å². The molecule has 1 aliphatic carbocycles. The number of ether oxygens (including phenoxy) is 1. The molecule has 2 fully saturated rings. The van der Waals surface area contributed by atoms with Crippen molar-refractivity contribution in [2.45, 2.75) is 50.7 Å². The lowest BCUT2D eigenvalue weighted by molar-refractivity contribution is -0.139. The molecule has 1 saturated heterocycles. The van der Waals surface area contributed by atoms with E-state index in [1.165, 1.54) is 0 Å². The molecule has 2 unspecified atom stereocenters. The maximum absolute atomic E-state index is 12.8. The van der Waals surface area contributed by atoms with Gasteiger partial charge in [-0.15, -0.1) is 0 Å². The van der Waals surface area contributed by atoms with Crippen LogP contribution in [-0.4, -0.2) is 38.6 Å². The van der Waals surface area contributed by atoms with E-state index in [0.29, 0.717) is 29.9 Å². The first-order valence-corrected chi connectivity index (χ1v) is 8.43. The van der Waals surface area contributed by atoms with Gasteiger partial charge in [0.05, 0.1) is 12.2 Å². The quantitative estimate of drug-likeness (QED) is 0.838. The van der Waals surface area contributed by atoms with Gasteiger partial charge in [0.1, 0.15) is 5.75 Å². The Kier molecular flexibility index (Phi) is 3.92. The Bertz CT molecular complexity index is 714. The second kappa shape index (κ2) is 6.22. The third-order valence-electron chi connectivity index (χ3n) is 4.51. The third kappa shape index (κ3) is 2.98. The summed E-state index contributed by atoms with van der Waals surface area (Å²) in [5, 5.41) is 4.10. The Balaban J connectivity index is 1.45. The van der Waals surface area contributed by atoms with Crippen molar-refractivity contribution in [1.82, 2.24) is 20.0 Å². The van der Waals surface area contributed by atoms with E-state index in [2.05, 4.69) is 15.1 Å². The molecule has 126 valence electrons. The van der Waals surface area contributed by atoms with Crippen molar-refractivity contribution in [3.8, 4) is 5.75 Å². The second-order valence-electron chi connectivity index (χ2n) is 6.40. The Morgan fingerprint density at radius 3 is 3.04 bits per heavy atom. The maximum atomic E-state index is 12.8. The monoisotopic (exact) mass is 328 g/mol. The molecule has 4 rings (SSSR count). The first-order chi connectivity index (χ1) is 11.7. The van der Waals surface area contributed by atoms with Gasteiger partial charge in [0, 0.05) is 18.7 Å². The highest BCUT2D eigenvalue weighted by molar-refractivity contribution is 5.81. The van der Waals surface area contributed by atoms with Gasteiger partial charge >= 0.3 is 0 Å². The molecule has 7 nitrogen and oxygen atoms in total. The van der Waals surface area contributed by atoms with E-state index in [9.17, 15) is 4.79 Å². The average Bonchev–Trinajstić information content (AvgIpc) is 3.14. The minimum atomic E-state index is -0.579. The molecule has 3 heterocycles. The van der Waals surface area contributed by atoms with E-state index in [4.69, 9.17) is 9.26 Å². The Morgan fingerprint density at radius 2 is 2.29 bits per heavy atom. The van der Waals surface area contributed by atoms with Gasteiger partial charge in [0.2, 0.25) is 5.89 Å². The van der Waals surface area contributed by atoms with Crippen LogP contribution in [0.4, 0.5) is 0 Å². The van der Waals surface area contributed by atoms with Gasteiger partial charge in [-0.25, -0.2) is 0 Å². The predicted molar refractivity (Wildman–Crippen MR) is 84.3 cm³/mol. The van der Waals surface area contributed by atoms with Crippen molar-refractivity contribution in [2.75, 3.05) is 6.54 Å². The number of hydrogen-bond acceptors (Lipinski definition) is 6. The summed E-state index contributed by atoms with van der Waals surface area (Å²) in [5.41, 5.74) is 0. The number of aromatic nitrogens is 3. The van der Waals surface area contributed by atoms with E-state index in [1.54, 1.807) is 31.5 Å². The predicted octanol–water partition coefficient (Wildman–Crippen LogP) is 2.47. The lowest BCUT2D eigenvalue weighted by Gasteiger charge is -2.25. The van der Waals surface area contributed by atoms with Gasteiger partial charge in [-0.3, -0.25) is 9.78 Å². The van der Waals surface area contributed by atoms with Crippen LogP contribution in [0.1, 0.15) is 56.3 Å². The van der Waals surface area contributed by atoms with E-state index >= 15 is 0 Å². The Morgan fingerprint density at radius 1 is 1.42 bits per heavy atom. The van der Waals surface area contributed by atoms with E-state index in [1.807, 2.05) is 4.90 Å².